The Bertz CT molecular complexity index is 758. The van der Waals surface area contributed by atoms with Gasteiger partial charge >= 0.3 is 0 Å². The summed E-state index contributed by atoms with van der Waals surface area (Å²) in [7, 11) is -2.27. The number of nitrogens with zero attached hydrogens (tertiary/aromatic N) is 1. The zero-order valence-corrected chi connectivity index (χ0v) is 12.4. The monoisotopic (exact) mass is 305 g/mol. The van der Waals surface area contributed by atoms with E-state index in [4.69, 9.17) is 0 Å². The number of anilines is 1. The van der Waals surface area contributed by atoms with Gasteiger partial charge in [-0.1, -0.05) is 12.1 Å². The maximum atomic E-state index is 12.2. The first-order chi connectivity index (χ1) is 9.94. The fourth-order valence-corrected chi connectivity index (χ4v) is 2.51. The van der Waals surface area contributed by atoms with Crippen molar-refractivity contribution in [3.63, 3.8) is 0 Å². The predicted octanol–water partition coefficient (Wildman–Crippen LogP) is 1.55. The molecule has 2 rings (SSSR count). The molecule has 0 aliphatic carbocycles. The third-order valence-electron chi connectivity index (χ3n) is 2.94. The molecule has 0 saturated carbocycles. The zero-order chi connectivity index (χ0) is 15.5. The van der Waals surface area contributed by atoms with Gasteiger partial charge in [-0.3, -0.25) is 4.79 Å². The molecule has 0 saturated heterocycles. The van der Waals surface area contributed by atoms with E-state index >= 15 is 0 Å². The molecule has 0 unspecified atom stereocenters. The van der Waals surface area contributed by atoms with Gasteiger partial charge in [-0.05, 0) is 43.8 Å². The van der Waals surface area contributed by atoms with Crippen LogP contribution in [0.2, 0.25) is 0 Å². The average Bonchev–Trinajstić information content (AvgIpc) is 2.48. The SMILES string of the molecule is CNS(=O)(=O)c1ccc(C)c(C(=O)Nc2ccccn2)c1. The van der Waals surface area contributed by atoms with Gasteiger partial charge in [0.15, 0.2) is 0 Å². The van der Waals surface area contributed by atoms with Gasteiger partial charge in [0.05, 0.1) is 4.90 Å². The van der Waals surface area contributed by atoms with Crippen LogP contribution in [0.15, 0.2) is 47.5 Å². The Hall–Kier alpha value is -2.25. The number of carbonyl (C=O) groups excluding carboxylic acids is 1. The van der Waals surface area contributed by atoms with Crippen LogP contribution in [0.1, 0.15) is 15.9 Å². The van der Waals surface area contributed by atoms with E-state index in [1.165, 1.54) is 19.2 Å². The van der Waals surface area contributed by atoms with E-state index < -0.39 is 15.9 Å². The van der Waals surface area contributed by atoms with Crippen LogP contribution in [0.5, 0.6) is 0 Å². The molecule has 0 aliphatic heterocycles. The summed E-state index contributed by atoms with van der Waals surface area (Å²) in [5, 5.41) is 2.63. The molecule has 2 aromatic rings. The Kier molecular flexibility index (Phi) is 4.35. The second-order valence-electron chi connectivity index (χ2n) is 4.35. The second-order valence-corrected chi connectivity index (χ2v) is 6.24. The van der Waals surface area contributed by atoms with Crippen LogP contribution in [-0.4, -0.2) is 26.4 Å². The van der Waals surface area contributed by atoms with Crippen LogP contribution in [0, 0.1) is 6.92 Å². The van der Waals surface area contributed by atoms with E-state index in [0.717, 1.165) is 0 Å². The molecule has 1 aromatic carbocycles. The van der Waals surface area contributed by atoms with Crippen LogP contribution in [-0.2, 0) is 10.0 Å². The van der Waals surface area contributed by atoms with Crippen molar-refractivity contribution in [3.8, 4) is 0 Å². The number of benzene rings is 1. The largest absolute Gasteiger partial charge is 0.307 e. The van der Waals surface area contributed by atoms with Crippen LogP contribution >= 0.6 is 0 Å². The number of carbonyl (C=O) groups is 1. The number of pyridine rings is 1. The topological polar surface area (TPSA) is 88.2 Å². The molecule has 21 heavy (non-hydrogen) atoms. The lowest BCUT2D eigenvalue weighted by Gasteiger charge is -2.09. The van der Waals surface area contributed by atoms with Gasteiger partial charge in [0.25, 0.3) is 5.91 Å². The number of aromatic nitrogens is 1. The fraction of sp³-hybridized carbons (Fsp3) is 0.143. The highest BCUT2D eigenvalue weighted by Crippen LogP contribution is 2.16. The summed E-state index contributed by atoms with van der Waals surface area (Å²) in [6.07, 6.45) is 1.56. The lowest BCUT2D eigenvalue weighted by Crippen LogP contribution is -2.20. The van der Waals surface area contributed by atoms with Crippen molar-refractivity contribution in [1.82, 2.24) is 9.71 Å². The van der Waals surface area contributed by atoms with Crippen LogP contribution in [0.4, 0.5) is 5.82 Å². The number of sulfonamides is 1. The van der Waals surface area contributed by atoms with E-state index in [1.807, 2.05) is 0 Å². The third-order valence-corrected chi connectivity index (χ3v) is 4.35. The number of amides is 1. The van der Waals surface area contributed by atoms with Crippen molar-refractivity contribution in [1.29, 1.82) is 0 Å². The molecule has 1 heterocycles. The summed E-state index contributed by atoms with van der Waals surface area (Å²) in [4.78, 5) is 16.3. The average molecular weight is 305 g/mol. The van der Waals surface area contributed by atoms with Gasteiger partial charge in [-0.2, -0.15) is 0 Å². The fourth-order valence-electron chi connectivity index (χ4n) is 1.75. The zero-order valence-electron chi connectivity index (χ0n) is 11.6. The lowest BCUT2D eigenvalue weighted by molar-refractivity contribution is 0.102. The quantitative estimate of drug-likeness (QED) is 0.897. The highest BCUT2D eigenvalue weighted by atomic mass is 32.2. The van der Waals surface area contributed by atoms with Crippen molar-refractivity contribution in [2.24, 2.45) is 0 Å². The van der Waals surface area contributed by atoms with Gasteiger partial charge in [0.1, 0.15) is 5.82 Å². The minimum absolute atomic E-state index is 0.0433. The molecule has 0 bridgehead atoms. The second kappa shape index (κ2) is 6.02. The van der Waals surface area contributed by atoms with E-state index in [2.05, 4.69) is 15.0 Å². The minimum Gasteiger partial charge on any atom is -0.307 e. The number of nitrogens with one attached hydrogen (secondary N) is 2. The minimum atomic E-state index is -3.59. The van der Waals surface area contributed by atoms with Gasteiger partial charge in [0, 0.05) is 11.8 Å². The number of hydrogen-bond acceptors (Lipinski definition) is 4. The lowest BCUT2D eigenvalue weighted by atomic mass is 10.1. The normalized spacial score (nSPS) is 11.1. The molecule has 0 aliphatic rings. The molecule has 110 valence electrons. The number of aryl methyl sites for hydroxylation is 1. The summed E-state index contributed by atoms with van der Waals surface area (Å²) >= 11 is 0. The molecular formula is C14H15N3O3S. The first-order valence-electron chi connectivity index (χ1n) is 6.20. The summed E-state index contributed by atoms with van der Waals surface area (Å²) in [5.74, 6) is 0.00290. The number of hydrogen-bond donors (Lipinski definition) is 2. The molecule has 0 fully saturated rings. The molecule has 0 radical (unpaired) electrons. The van der Waals surface area contributed by atoms with Gasteiger partial charge in [-0.15, -0.1) is 0 Å². The van der Waals surface area contributed by atoms with E-state index in [0.29, 0.717) is 11.4 Å². The Labute approximate surface area is 123 Å². The predicted molar refractivity (Wildman–Crippen MR) is 79.6 cm³/mol. The maximum absolute atomic E-state index is 12.2. The van der Waals surface area contributed by atoms with E-state index in [9.17, 15) is 13.2 Å². The first-order valence-corrected chi connectivity index (χ1v) is 7.69. The van der Waals surface area contributed by atoms with Crippen molar-refractivity contribution in [2.45, 2.75) is 11.8 Å². The van der Waals surface area contributed by atoms with E-state index in [-0.39, 0.29) is 10.5 Å². The molecule has 0 spiro atoms. The Morgan fingerprint density at radius 2 is 1.95 bits per heavy atom. The van der Waals surface area contributed by atoms with Crippen molar-refractivity contribution in [2.75, 3.05) is 12.4 Å². The van der Waals surface area contributed by atoms with Gasteiger partial charge in [-0.25, -0.2) is 18.1 Å². The highest BCUT2D eigenvalue weighted by molar-refractivity contribution is 7.89. The molecule has 2 N–H and O–H groups in total. The van der Waals surface area contributed by atoms with Gasteiger partial charge < -0.3 is 5.32 Å². The van der Waals surface area contributed by atoms with Crippen LogP contribution in [0.3, 0.4) is 0 Å². The standard InChI is InChI=1S/C14H15N3O3S/c1-10-6-7-11(21(19,20)15-2)9-12(10)14(18)17-13-5-3-4-8-16-13/h3-9,15H,1-2H3,(H,16,17,18). The summed E-state index contributed by atoms with van der Waals surface area (Å²) in [5.41, 5.74) is 0.968. The van der Waals surface area contributed by atoms with Crippen LogP contribution < -0.4 is 10.0 Å². The Morgan fingerprint density at radius 3 is 2.57 bits per heavy atom. The summed E-state index contributed by atoms with van der Waals surface area (Å²) < 4.78 is 25.8. The third kappa shape index (κ3) is 3.45. The van der Waals surface area contributed by atoms with Crippen molar-refractivity contribution >= 4 is 21.7 Å². The van der Waals surface area contributed by atoms with Crippen LogP contribution in [0.25, 0.3) is 0 Å². The molecule has 0 atom stereocenters. The van der Waals surface area contributed by atoms with Crippen molar-refractivity contribution < 1.29 is 13.2 Å². The smallest absolute Gasteiger partial charge is 0.257 e. The molecule has 1 amide bonds. The molecular weight excluding hydrogens is 290 g/mol. The molecule has 6 nitrogen and oxygen atoms in total. The Morgan fingerprint density at radius 1 is 1.19 bits per heavy atom. The summed E-state index contributed by atoms with van der Waals surface area (Å²) in [6.45, 7) is 1.74. The molecule has 7 heteroatoms. The molecule has 1 aromatic heterocycles. The summed E-state index contributed by atoms with van der Waals surface area (Å²) in [6, 6.07) is 9.54. The maximum Gasteiger partial charge on any atom is 0.257 e. The van der Waals surface area contributed by atoms with Gasteiger partial charge in [0.2, 0.25) is 10.0 Å². The highest BCUT2D eigenvalue weighted by Gasteiger charge is 2.16. The van der Waals surface area contributed by atoms with Crippen molar-refractivity contribution in [3.05, 3.63) is 53.7 Å². The number of rotatable bonds is 4. The first kappa shape index (κ1) is 15.1. The Balaban J connectivity index is 2.35. The van der Waals surface area contributed by atoms with E-state index in [1.54, 1.807) is 37.4 Å².